The van der Waals surface area contributed by atoms with Crippen molar-refractivity contribution in [3.8, 4) is 0 Å². The number of ether oxygens (including phenoxy) is 1. The molecule has 2 amide bonds. The highest BCUT2D eigenvalue weighted by Gasteiger charge is 2.23. The average Bonchev–Trinajstić information content (AvgIpc) is 2.59. The van der Waals surface area contributed by atoms with Crippen LogP contribution in [0.5, 0.6) is 0 Å². The molecule has 25 heavy (non-hydrogen) atoms. The molecule has 1 fully saturated rings. The molecule has 1 aliphatic heterocycles. The molecule has 0 aromatic heterocycles. The molecule has 1 aliphatic rings. The Morgan fingerprint density at radius 2 is 1.96 bits per heavy atom. The number of carbonyl (C=O) groups excluding carboxylic acids is 2. The molecule has 1 saturated heterocycles. The molecule has 0 bridgehead atoms. The van der Waals surface area contributed by atoms with E-state index in [4.69, 9.17) is 4.74 Å². The topological polar surface area (TPSA) is 70.7 Å². The third-order valence-corrected chi connectivity index (χ3v) is 4.47. The quantitative estimate of drug-likeness (QED) is 0.830. The number of nitrogens with zero attached hydrogens (tertiary/aromatic N) is 1. The fourth-order valence-corrected chi connectivity index (χ4v) is 2.95. The predicted octanol–water partition coefficient (Wildman–Crippen LogP) is 2.84. The first-order chi connectivity index (χ1) is 12.0. The molecule has 1 heterocycles. The zero-order chi connectivity index (χ0) is 18.2. The van der Waals surface area contributed by atoms with E-state index in [-0.39, 0.29) is 12.0 Å². The molecule has 1 aromatic rings. The minimum atomic E-state index is -0.228. The average molecular weight is 347 g/mol. The van der Waals surface area contributed by atoms with Gasteiger partial charge in [-0.3, -0.25) is 4.79 Å². The molecule has 0 unspecified atom stereocenters. The monoisotopic (exact) mass is 347 g/mol. The van der Waals surface area contributed by atoms with Crippen molar-refractivity contribution >= 4 is 17.7 Å². The van der Waals surface area contributed by atoms with Gasteiger partial charge in [0.05, 0.1) is 6.61 Å². The second kappa shape index (κ2) is 9.42. The molecule has 0 atom stereocenters. The maximum Gasteiger partial charge on any atom is 0.409 e. The number of carbonyl (C=O) groups is 2. The lowest BCUT2D eigenvalue weighted by molar-refractivity contribution is -0.116. The fourth-order valence-electron chi connectivity index (χ4n) is 2.95. The summed E-state index contributed by atoms with van der Waals surface area (Å²) in [5, 5.41) is 6.39. The van der Waals surface area contributed by atoms with E-state index >= 15 is 0 Å². The summed E-state index contributed by atoms with van der Waals surface area (Å²) in [4.78, 5) is 25.5. The minimum Gasteiger partial charge on any atom is -0.450 e. The van der Waals surface area contributed by atoms with Gasteiger partial charge in [0.1, 0.15) is 0 Å². The van der Waals surface area contributed by atoms with Gasteiger partial charge in [0.2, 0.25) is 5.91 Å². The number of aryl methyl sites for hydroxylation is 2. The van der Waals surface area contributed by atoms with Gasteiger partial charge in [0, 0.05) is 37.8 Å². The van der Waals surface area contributed by atoms with Crippen molar-refractivity contribution in [1.82, 2.24) is 10.2 Å². The number of hydrogen-bond acceptors (Lipinski definition) is 4. The van der Waals surface area contributed by atoms with Crippen molar-refractivity contribution in [2.75, 3.05) is 31.6 Å². The highest BCUT2D eigenvalue weighted by atomic mass is 16.6. The Morgan fingerprint density at radius 3 is 2.64 bits per heavy atom. The lowest BCUT2D eigenvalue weighted by Gasteiger charge is -2.31. The van der Waals surface area contributed by atoms with Gasteiger partial charge in [-0.1, -0.05) is 12.1 Å². The zero-order valence-electron chi connectivity index (χ0n) is 15.4. The first kappa shape index (κ1) is 19.2. The molecule has 0 saturated carbocycles. The van der Waals surface area contributed by atoms with E-state index in [1.54, 1.807) is 4.90 Å². The Morgan fingerprint density at radius 1 is 1.24 bits per heavy atom. The van der Waals surface area contributed by atoms with Crippen LogP contribution < -0.4 is 10.6 Å². The third kappa shape index (κ3) is 6.05. The van der Waals surface area contributed by atoms with E-state index in [0.717, 1.165) is 29.7 Å². The van der Waals surface area contributed by atoms with Crippen LogP contribution in [0.15, 0.2) is 18.2 Å². The van der Waals surface area contributed by atoms with E-state index in [1.807, 2.05) is 39.0 Å². The second-order valence-corrected chi connectivity index (χ2v) is 6.53. The molecule has 6 nitrogen and oxygen atoms in total. The Labute approximate surface area is 149 Å². The lowest BCUT2D eigenvalue weighted by atomic mass is 10.1. The van der Waals surface area contributed by atoms with E-state index < -0.39 is 0 Å². The fraction of sp³-hybridized carbons (Fsp3) is 0.579. The Kier molecular flexibility index (Phi) is 7.25. The van der Waals surface area contributed by atoms with Crippen LogP contribution in [0.25, 0.3) is 0 Å². The standard InChI is InChI=1S/C19H29N3O3/c1-4-25-19(24)22-11-8-16(9-12-22)20-10-7-18(23)21-17-13-14(2)5-6-15(17)3/h5-6,13,16,20H,4,7-12H2,1-3H3,(H,21,23). The van der Waals surface area contributed by atoms with Crippen LogP contribution in [0.3, 0.4) is 0 Å². The first-order valence-electron chi connectivity index (χ1n) is 9.01. The summed E-state index contributed by atoms with van der Waals surface area (Å²) >= 11 is 0. The van der Waals surface area contributed by atoms with E-state index in [1.165, 1.54) is 0 Å². The summed E-state index contributed by atoms with van der Waals surface area (Å²) in [7, 11) is 0. The smallest absolute Gasteiger partial charge is 0.409 e. The van der Waals surface area contributed by atoms with E-state index in [9.17, 15) is 9.59 Å². The summed E-state index contributed by atoms with van der Waals surface area (Å²) in [6.07, 6.45) is 1.98. The van der Waals surface area contributed by atoms with Crippen LogP contribution in [-0.4, -0.2) is 49.2 Å². The van der Waals surface area contributed by atoms with Crippen LogP contribution in [0.2, 0.25) is 0 Å². The second-order valence-electron chi connectivity index (χ2n) is 6.53. The van der Waals surface area contributed by atoms with Crippen molar-refractivity contribution in [1.29, 1.82) is 0 Å². The summed E-state index contributed by atoms with van der Waals surface area (Å²) in [5.74, 6) is 0.0187. The van der Waals surface area contributed by atoms with Crippen molar-refractivity contribution in [3.05, 3.63) is 29.3 Å². The van der Waals surface area contributed by atoms with Gasteiger partial charge in [-0.25, -0.2) is 4.79 Å². The largest absolute Gasteiger partial charge is 0.450 e. The molecule has 2 rings (SSSR count). The number of rotatable bonds is 6. The van der Waals surface area contributed by atoms with Gasteiger partial charge in [-0.2, -0.15) is 0 Å². The molecular formula is C19H29N3O3. The van der Waals surface area contributed by atoms with Crippen molar-refractivity contribution in [2.45, 2.75) is 46.1 Å². The van der Waals surface area contributed by atoms with Crippen molar-refractivity contribution in [3.63, 3.8) is 0 Å². The summed E-state index contributed by atoms with van der Waals surface area (Å²) in [6, 6.07) is 6.39. The van der Waals surface area contributed by atoms with Gasteiger partial charge in [0.25, 0.3) is 0 Å². The van der Waals surface area contributed by atoms with Crippen LogP contribution in [0.1, 0.15) is 37.3 Å². The number of anilines is 1. The van der Waals surface area contributed by atoms with Crippen molar-refractivity contribution in [2.24, 2.45) is 0 Å². The number of likely N-dealkylation sites (tertiary alicyclic amines) is 1. The predicted molar refractivity (Wildman–Crippen MR) is 98.8 cm³/mol. The van der Waals surface area contributed by atoms with E-state index in [0.29, 0.717) is 38.7 Å². The number of amides is 2. The molecule has 1 aromatic carbocycles. The number of hydrogen-bond donors (Lipinski definition) is 2. The highest BCUT2D eigenvalue weighted by Crippen LogP contribution is 2.16. The third-order valence-electron chi connectivity index (χ3n) is 4.47. The van der Waals surface area contributed by atoms with Crippen LogP contribution >= 0.6 is 0 Å². The van der Waals surface area contributed by atoms with Gasteiger partial charge in [0.15, 0.2) is 0 Å². The Bertz CT molecular complexity index is 596. The zero-order valence-corrected chi connectivity index (χ0v) is 15.4. The van der Waals surface area contributed by atoms with Crippen LogP contribution in [-0.2, 0) is 9.53 Å². The molecule has 6 heteroatoms. The van der Waals surface area contributed by atoms with E-state index in [2.05, 4.69) is 10.6 Å². The van der Waals surface area contributed by atoms with Gasteiger partial charge in [-0.15, -0.1) is 0 Å². The Hall–Kier alpha value is -2.08. The summed E-state index contributed by atoms with van der Waals surface area (Å²) in [5.41, 5.74) is 3.08. The van der Waals surface area contributed by atoms with Gasteiger partial charge >= 0.3 is 6.09 Å². The first-order valence-corrected chi connectivity index (χ1v) is 9.01. The van der Waals surface area contributed by atoms with Gasteiger partial charge < -0.3 is 20.3 Å². The van der Waals surface area contributed by atoms with Crippen LogP contribution in [0, 0.1) is 13.8 Å². The molecule has 0 radical (unpaired) electrons. The van der Waals surface area contributed by atoms with Crippen LogP contribution in [0.4, 0.5) is 10.5 Å². The Balaban J connectivity index is 1.67. The molecule has 0 aliphatic carbocycles. The lowest BCUT2D eigenvalue weighted by Crippen LogP contribution is -2.45. The molecular weight excluding hydrogens is 318 g/mol. The number of nitrogens with one attached hydrogen (secondary N) is 2. The SMILES string of the molecule is CCOC(=O)N1CCC(NCCC(=O)Nc2cc(C)ccc2C)CC1. The molecule has 0 spiro atoms. The maximum absolute atomic E-state index is 12.1. The highest BCUT2D eigenvalue weighted by molar-refractivity contribution is 5.91. The molecule has 138 valence electrons. The normalized spacial score (nSPS) is 15.1. The number of benzene rings is 1. The minimum absolute atomic E-state index is 0.0187. The summed E-state index contributed by atoms with van der Waals surface area (Å²) < 4.78 is 5.02. The number of piperidine rings is 1. The van der Waals surface area contributed by atoms with Crippen molar-refractivity contribution < 1.29 is 14.3 Å². The summed E-state index contributed by atoms with van der Waals surface area (Å²) in [6.45, 7) is 8.27. The molecule has 2 N–H and O–H groups in total. The maximum atomic E-state index is 12.1. The van der Waals surface area contributed by atoms with Gasteiger partial charge in [-0.05, 0) is 50.8 Å².